The fourth-order valence-corrected chi connectivity index (χ4v) is 4.80. The summed E-state index contributed by atoms with van der Waals surface area (Å²) >= 11 is 7.52. The van der Waals surface area contributed by atoms with E-state index in [-0.39, 0.29) is 17.9 Å². The summed E-state index contributed by atoms with van der Waals surface area (Å²) in [6.07, 6.45) is 4.87. The minimum absolute atomic E-state index is 0.0909. The molecule has 27 heavy (non-hydrogen) atoms. The van der Waals surface area contributed by atoms with Crippen LogP contribution in [0.5, 0.6) is 0 Å². The van der Waals surface area contributed by atoms with Crippen molar-refractivity contribution in [1.82, 2.24) is 15.4 Å². The molecule has 0 unspecified atom stereocenters. The number of hydrogen-bond acceptors (Lipinski definition) is 5. The second-order valence-corrected chi connectivity index (χ2v) is 8.11. The molecule has 0 saturated heterocycles. The van der Waals surface area contributed by atoms with Crippen LogP contribution in [0, 0.1) is 0 Å². The Labute approximate surface area is 164 Å². The second kappa shape index (κ2) is 7.70. The van der Waals surface area contributed by atoms with Gasteiger partial charge in [-0.05, 0) is 49.4 Å². The van der Waals surface area contributed by atoms with Crippen LogP contribution in [0.4, 0.5) is 5.69 Å². The van der Waals surface area contributed by atoms with E-state index in [1.165, 1.54) is 16.9 Å². The number of benzene rings is 1. The predicted octanol–water partition coefficient (Wildman–Crippen LogP) is 3.59. The molecule has 0 radical (unpaired) electrons. The van der Waals surface area contributed by atoms with Gasteiger partial charge in [-0.2, -0.15) is 0 Å². The lowest BCUT2D eigenvalue weighted by atomic mass is 9.97. The molecule has 3 aromatic rings. The van der Waals surface area contributed by atoms with Crippen LogP contribution in [-0.2, 0) is 24.1 Å². The van der Waals surface area contributed by atoms with Crippen LogP contribution in [0.25, 0.3) is 10.2 Å². The smallest absolute Gasteiger partial charge is 0.259 e. The number of thiophene rings is 1. The Hall–Kier alpha value is -2.38. The fourth-order valence-electron chi connectivity index (χ4n) is 3.33. The Bertz CT molecular complexity index is 1060. The van der Waals surface area contributed by atoms with Gasteiger partial charge in [0.05, 0.1) is 11.1 Å². The molecule has 0 fully saturated rings. The quantitative estimate of drug-likeness (QED) is 0.569. The molecule has 2 heterocycles. The standard InChI is InChI=1S/C19H19ClN4O2S/c20-11-4-3-5-12(10-11)23-24-16(25)9-8-15-21-18(26)17-13-6-1-2-7-14(13)27-19(17)22-15/h3-5,10,23H,1-2,6-9H2,(H,24,25)(H,21,22,26). The molecule has 4 rings (SSSR count). The van der Waals surface area contributed by atoms with Gasteiger partial charge in [-0.3, -0.25) is 20.4 Å². The molecule has 0 saturated carbocycles. The van der Waals surface area contributed by atoms with E-state index in [0.717, 1.165) is 29.5 Å². The number of carbonyl (C=O) groups excluding carboxylic acids is 1. The Balaban J connectivity index is 1.41. The summed E-state index contributed by atoms with van der Waals surface area (Å²) in [5, 5.41) is 1.33. The molecule has 8 heteroatoms. The van der Waals surface area contributed by atoms with Gasteiger partial charge in [0.1, 0.15) is 10.7 Å². The Kier molecular flexibility index (Phi) is 5.13. The topological polar surface area (TPSA) is 86.9 Å². The van der Waals surface area contributed by atoms with Gasteiger partial charge in [-0.15, -0.1) is 11.3 Å². The predicted molar refractivity (Wildman–Crippen MR) is 108 cm³/mol. The number of aromatic nitrogens is 2. The molecule has 1 aromatic carbocycles. The van der Waals surface area contributed by atoms with Gasteiger partial charge in [0, 0.05) is 22.7 Å². The lowest BCUT2D eigenvalue weighted by molar-refractivity contribution is -0.120. The normalized spacial score (nSPS) is 13.4. The third-order valence-electron chi connectivity index (χ3n) is 4.63. The first-order chi connectivity index (χ1) is 13.1. The summed E-state index contributed by atoms with van der Waals surface area (Å²) in [5.74, 6) is 0.354. The molecular formula is C19H19ClN4O2S. The Morgan fingerprint density at radius 1 is 1.30 bits per heavy atom. The van der Waals surface area contributed by atoms with Gasteiger partial charge in [-0.25, -0.2) is 4.98 Å². The molecule has 0 atom stereocenters. The molecule has 140 valence electrons. The van der Waals surface area contributed by atoms with Crippen molar-refractivity contribution < 1.29 is 4.79 Å². The van der Waals surface area contributed by atoms with Crippen LogP contribution in [0.15, 0.2) is 29.1 Å². The average molecular weight is 403 g/mol. The zero-order valence-corrected chi connectivity index (χ0v) is 16.2. The zero-order valence-electron chi connectivity index (χ0n) is 14.6. The molecule has 0 spiro atoms. The SMILES string of the molecule is O=C(CCc1nc2sc3c(c2c(=O)[nH]1)CCCC3)NNc1cccc(Cl)c1. The largest absolute Gasteiger partial charge is 0.310 e. The average Bonchev–Trinajstić information content (AvgIpc) is 3.03. The monoisotopic (exact) mass is 402 g/mol. The molecule has 1 aliphatic carbocycles. The van der Waals surface area contributed by atoms with E-state index >= 15 is 0 Å². The van der Waals surface area contributed by atoms with Crippen LogP contribution in [0.3, 0.4) is 0 Å². The molecule has 0 bridgehead atoms. The van der Waals surface area contributed by atoms with E-state index in [0.29, 0.717) is 23.0 Å². The Morgan fingerprint density at radius 2 is 2.15 bits per heavy atom. The van der Waals surface area contributed by atoms with Crippen molar-refractivity contribution in [1.29, 1.82) is 0 Å². The number of nitrogens with one attached hydrogen (secondary N) is 3. The summed E-state index contributed by atoms with van der Waals surface area (Å²) in [5.41, 5.74) is 7.23. The van der Waals surface area contributed by atoms with Gasteiger partial charge in [0.2, 0.25) is 5.91 Å². The van der Waals surface area contributed by atoms with E-state index in [1.54, 1.807) is 35.6 Å². The van der Waals surface area contributed by atoms with Crippen molar-refractivity contribution in [3.63, 3.8) is 0 Å². The van der Waals surface area contributed by atoms with Crippen LogP contribution >= 0.6 is 22.9 Å². The number of anilines is 1. The van der Waals surface area contributed by atoms with Gasteiger partial charge in [0.25, 0.3) is 5.56 Å². The van der Waals surface area contributed by atoms with E-state index < -0.39 is 0 Å². The summed E-state index contributed by atoms with van der Waals surface area (Å²) in [4.78, 5) is 34.1. The molecule has 1 aliphatic rings. The van der Waals surface area contributed by atoms with Crippen LogP contribution < -0.4 is 16.4 Å². The van der Waals surface area contributed by atoms with Crippen molar-refractivity contribution in [2.75, 3.05) is 5.43 Å². The number of rotatable bonds is 5. The third kappa shape index (κ3) is 3.99. The highest BCUT2D eigenvalue weighted by atomic mass is 35.5. The molecule has 3 N–H and O–H groups in total. The van der Waals surface area contributed by atoms with E-state index in [4.69, 9.17) is 11.6 Å². The molecule has 0 aliphatic heterocycles. The van der Waals surface area contributed by atoms with Crippen LogP contribution in [-0.4, -0.2) is 15.9 Å². The number of aryl methyl sites for hydroxylation is 3. The molecule has 6 nitrogen and oxygen atoms in total. The highest BCUT2D eigenvalue weighted by molar-refractivity contribution is 7.18. The van der Waals surface area contributed by atoms with Crippen molar-refractivity contribution in [2.45, 2.75) is 38.5 Å². The second-order valence-electron chi connectivity index (χ2n) is 6.59. The number of H-pyrrole nitrogens is 1. The summed E-state index contributed by atoms with van der Waals surface area (Å²) in [6, 6.07) is 7.07. The number of hydrazine groups is 1. The van der Waals surface area contributed by atoms with Gasteiger partial charge in [0.15, 0.2) is 0 Å². The van der Waals surface area contributed by atoms with Crippen molar-refractivity contribution in [3.05, 3.63) is 55.9 Å². The van der Waals surface area contributed by atoms with E-state index in [2.05, 4.69) is 20.8 Å². The molecule has 1 amide bonds. The first kappa shape index (κ1) is 18.0. The number of carbonyl (C=O) groups is 1. The first-order valence-corrected chi connectivity index (χ1v) is 10.1. The zero-order chi connectivity index (χ0) is 18.8. The van der Waals surface area contributed by atoms with Gasteiger partial charge < -0.3 is 4.98 Å². The summed E-state index contributed by atoms with van der Waals surface area (Å²) in [7, 11) is 0. The highest BCUT2D eigenvalue weighted by Gasteiger charge is 2.19. The third-order valence-corrected chi connectivity index (χ3v) is 6.05. The highest BCUT2D eigenvalue weighted by Crippen LogP contribution is 2.33. The number of halogens is 1. The molecule has 2 aromatic heterocycles. The van der Waals surface area contributed by atoms with Crippen molar-refractivity contribution in [2.24, 2.45) is 0 Å². The first-order valence-electron chi connectivity index (χ1n) is 8.94. The maximum absolute atomic E-state index is 12.5. The lowest BCUT2D eigenvalue weighted by Gasteiger charge is -2.09. The minimum Gasteiger partial charge on any atom is -0.310 e. The summed E-state index contributed by atoms with van der Waals surface area (Å²) in [6.45, 7) is 0. The Morgan fingerprint density at radius 3 is 3.00 bits per heavy atom. The minimum atomic E-state index is -0.191. The molecular weight excluding hydrogens is 384 g/mol. The van der Waals surface area contributed by atoms with E-state index in [9.17, 15) is 9.59 Å². The number of aromatic amines is 1. The van der Waals surface area contributed by atoms with E-state index in [1.807, 2.05) is 0 Å². The van der Waals surface area contributed by atoms with Crippen molar-refractivity contribution >= 4 is 44.7 Å². The summed E-state index contributed by atoms with van der Waals surface area (Å²) < 4.78 is 0. The van der Waals surface area contributed by atoms with Crippen LogP contribution in [0.1, 0.15) is 35.5 Å². The maximum Gasteiger partial charge on any atom is 0.259 e. The lowest BCUT2D eigenvalue weighted by Crippen LogP contribution is -2.29. The maximum atomic E-state index is 12.5. The number of amides is 1. The van der Waals surface area contributed by atoms with Crippen LogP contribution in [0.2, 0.25) is 5.02 Å². The van der Waals surface area contributed by atoms with Gasteiger partial charge >= 0.3 is 0 Å². The fraction of sp³-hybridized carbons (Fsp3) is 0.316. The number of nitrogens with zero attached hydrogens (tertiary/aromatic N) is 1. The van der Waals surface area contributed by atoms with Crippen molar-refractivity contribution in [3.8, 4) is 0 Å². The number of fused-ring (bicyclic) bond motifs is 3. The number of hydrogen-bond donors (Lipinski definition) is 3. The van der Waals surface area contributed by atoms with Gasteiger partial charge in [-0.1, -0.05) is 17.7 Å².